The Labute approximate surface area is 111 Å². The minimum Gasteiger partial charge on any atom is -0.463 e. The first-order valence-electron chi connectivity index (χ1n) is 6.33. The molecule has 0 N–H and O–H groups in total. The van der Waals surface area contributed by atoms with Gasteiger partial charge >= 0.3 is 0 Å². The van der Waals surface area contributed by atoms with Gasteiger partial charge in [-0.05, 0) is 19.9 Å². The molecule has 4 heteroatoms. The Kier molecular flexibility index (Phi) is 2.49. The summed E-state index contributed by atoms with van der Waals surface area (Å²) in [6, 6.07) is 7.42. The molecule has 0 bridgehead atoms. The Hall–Kier alpha value is -2.10. The van der Waals surface area contributed by atoms with Crippen LogP contribution >= 0.6 is 0 Å². The molecular formula is C15H15NO3. The van der Waals surface area contributed by atoms with Crippen molar-refractivity contribution in [1.82, 2.24) is 4.90 Å². The summed E-state index contributed by atoms with van der Waals surface area (Å²) in [6.07, 6.45) is 1.90. The lowest BCUT2D eigenvalue weighted by molar-refractivity contribution is -0.123. The maximum absolute atomic E-state index is 12.6. The van der Waals surface area contributed by atoms with E-state index in [9.17, 15) is 9.59 Å². The third-order valence-corrected chi connectivity index (χ3v) is 3.88. The van der Waals surface area contributed by atoms with Crippen LogP contribution in [0.1, 0.15) is 30.6 Å². The Morgan fingerprint density at radius 2 is 2.05 bits per heavy atom. The molecule has 0 radical (unpaired) electrons. The second-order valence-electron chi connectivity index (χ2n) is 5.33. The number of furan rings is 1. The van der Waals surface area contributed by atoms with Crippen molar-refractivity contribution in [2.45, 2.75) is 25.8 Å². The van der Waals surface area contributed by atoms with Gasteiger partial charge in [0.15, 0.2) is 5.78 Å². The molecule has 98 valence electrons. The second-order valence-corrected chi connectivity index (χ2v) is 5.33. The number of fused-ring (bicyclic) bond motifs is 1. The lowest BCUT2D eigenvalue weighted by Gasteiger charge is -2.29. The zero-order chi connectivity index (χ0) is 13.6. The summed E-state index contributed by atoms with van der Waals surface area (Å²) in [7, 11) is 0. The highest BCUT2D eigenvalue weighted by atomic mass is 16.3. The quantitative estimate of drug-likeness (QED) is 0.789. The van der Waals surface area contributed by atoms with Crippen LogP contribution in [0, 0.1) is 0 Å². The summed E-state index contributed by atoms with van der Waals surface area (Å²) in [6.45, 7) is 4.06. The first kappa shape index (κ1) is 12.0. The minimum atomic E-state index is -0.727. The van der Waals surface area contributed by atoms with E-state index < -0.39 is 5.54 Å². The average molecular weight is 257 g/mol. The summed E-state index contributed by atoms with van der Waals surface area (Å²) in [4.78, 5) is 26.1. The van der Waals surface area contributed by atoms with Gasteiger partial charge in [-0.3, -0.25) is 9.59 Å². The first-order chi connectivity index (χ1) is 9.01. The van der Waals surface area contributed by atoms with Crippen LogP contribution in [0.2, 0.25) is 0 Å². The van der Waals surface area contributed by atoms with Crippen molar-refractivity contribution in [2.75, 3.05) is 6.54 Å². The van der Waals surface area contributed by atoms with Crippen molar-refractivity contribution in [3.8, 4) is 0 Å². The SMILES string of the molecule is CC1(C)C(=O)CCN1C(=O)c1coc2ccccc12. The van der Waals surface area contributed by atoms with Crippen molar-refractivity contribution in [3.05, 3.63) is 36.1 Å². The monoisotopic (exact) mass is 257 g/mol. The van der Waals surface area contributed by atoms with Gasteiger partial charge in [0.25, 0.3) is 5.91 Å². The van der Waals surface area contributed by atoms with E-state index in [1.807, 2.05) is 24.3 Å². The molecule has 0 aliphatic carbocycles. The van der Waals surface area contributed by atoms with Gasteiger partial charge in [-0.1, -0.05) is 18.2 Å². The van der Waals surface area contributed by atoms with Gasteiger partial charge in [0, 0.05) is 18.4 Å². The molecule has 3 rings (SSSR count). The van der Waals surface area contributed by atoms with E-state index in [1.54, 1.807) is 18.7 Å². The van der Waals surface area contributed by atoms with Crippen LogP contribution in [0.5, 0.6) is 0 Å². The number of carbonyl (C=O) groups is 2. The third kappa shape index (κ3) is 1.67. The zero-order valence-corrected chi connectivity index (χ0v) is 11.0. The fraction of sp³-hybridized carbons (Fsp3) is 0.333. The first-order valence-corrected chi connectivity index (χ1v) is 6.33. The molecule has 1 aliphatic rings. The number of hydrogen-bond donors (Lipinski definition) is 0. The van der Waals surface area contributed by atoms with Crippen LogP contribution in [0.15, 0.2) is 34.9 Å². The molecule has 0 unspecified atom stereocenters. The number of likely N-dealkylation sites (tertiary alicyclic amines) is 1. The maximum Gasteiger partial charge on any atom is 0.258 e. The number of nitrogens with zero attached hydrogens (tertiary/aromatic N) is 1. The fourth-order valence-electron chi connectivity index (χ4n) is 2.59. The summed E-state index contributed by atoms with van der Waals surface area (Å²) < 4.78 is 5.39. The number of rotatable bonds is 1. The van der Waals surface area contributed by atoms with Gasteiger partial charge in [-0.2, -0.15) is 0 Å². The molecule has 1 amide bonds. The standard InChI is InChI=1S/C15H15NO3/c1-15(2)13(17)7-8-16(15)14(18)11-9-19-12-6-4-3-5-10(11)12/h3-6,9H,7-8H2,1-2H3. The molecule has 1 saturated heterocycles. The van der Waals surface area contributed by atoms with Gasteiger partial charge in [0.1, 0.15) is 11.8 Å². The Morgan fingerprint density at radius 1 is 1.32 bits per heavy atom. The summed E-state index contributed by atoms with van der Waals surface area (Å²) in [5.41, 5.74) is 0.489. The molecular weight excluding hydrogens is 242 g/mol. The highest BCUT2D eigenvalue weighted by Crippen LogP contribution is 2.29. The van der Waals surface area contributed by atoms with Gasteiger partial charge in [0.05, 0.1) is 11.1 Å². The maximum atomic E-state index is 12.6. The van der Waals surface area contributed by atoms with Crippen molar-refractivity contribution >= 4 is 22.7 Å². The average Bonchev–Trinajstić information content (AvgIpc) is 2.92. The summed E-state index contributed by atoms with van der Waals surface area (Å²) >= 11 is 0. The molecule has 1 aliphatic heterocycles. The lowest BCUT2D eigenvalue weighted by Crippen LogP contribution is -2.46. The zero-order valence-electron chi connectivity index (χ0n) is 11.0. The van der Waals surface area contributed by atoms with E-state index >= 15 is 0 Å². The molecule has 1 aromatic heterocycles. The van der Waals surface area contributed by atoms with E-state index in [-0.39, 0.29) is 11.7 Å². The molecule has 1 aromatic carbocycles. The second kappa shape index (κ2) is 3.95. The lowest BCUT2D eigenvalue weighted by atomic mass is 10.00. The summed E-state index contributed by atoms with van der Waals surface area (Å²) in [5.74, 6) is -0.0329. The minimum absolute atomic E-state index is 0.105. The number of benzene rings is 1. The molecule has 0 spiro atoms. The van der Waals surface area contributed by atoms with Gasteiger partial charge in [-0.25, -0.2) is 0 Å². The predicted molar refractivity (Wildman–Crippen MR) is 71.0 cm³/mol. The highest BCUT2D eigenvalue weighted by Gasteiger charge is 2.43. The number of para-hydroxylation sites is 1. The number of carbonyl (C=O) groups excluding carboxylic acids is 2. The van der Waals surface area contributed by atoms with E-state index in [1.165, 1.54) is 6.26 Å². The van der Waals surface area contributed by atoms with Crippen LogP contribution < -0.4 is 0 Å². The van der Waals surface area contributed by atoms with Crippen LogP contribution in [-0.4, -0.2) is 28.7 Å². The number of amides is 1. The summed E-state index contributed by atoms with van der Waals surface area (Å²) in [5, 5.41) is 0.794. The Morgan fingerprint density at radius 3 is 2.74 bits per heavy atom. The van der Waals surface area contributed by atoms with Crippen molar-refractivity contribution in [2.24, 2.45) is 0 Å². The predicted octanol–water partition coefficient (Wildman–Crippen LogP) is 2.63. The number of hydrogen-bond acceptors (Lipinski definition) is 3. The topological polar surface area (TPSA) is 50.5 Å². The molecule has 1 fully saturated rings. The van der Waals surface area contributed by atoms with E-state index in [4.69, 9.17) is 4.42 Å². The molecule has 2 heterocycles. The highest BCUT2D eigenvalue weighted by molar-refractivity contribution is 6.08. The van der Waals surface area contributed by atoms with Crippen LogP contribution in [0.25, 0.3) is 11.0 Å². The van der Waals surface area contributed by atoms with E-state index in [0.717, 1.165) is 5.39 Å². The molecule has 0 saturated carbocycles. The van der Waals surface area contributed by atoms with Gasteiger partial charge in [0.2, 0.25) is 0 Å². The van der Waals surface area contributed by atoms with Crippen LogP contribution in [0.4, 0.5) is 0 Å². The third-order valence-electron chi connectivity index (χ3n) is 3.88. The molecule has 4 nitrogen and oxygen atoms in total. The number of ketones is 1. The van der Waals surface area contributed by atoms with E-state index in [0.29, 0.717) is 24.1 Å². The normalized spacial score (nSPS) is 18.2. The van der Waals surface area contributed by atoms with Crippen molar-refractivity contribution in [3.63, 3.8) is 0 Å². The molecule has 0 atom stereocenters. The van der Waals surface area contributed by atoms with Crippen LogP contribution in [0.3, 0.4) is 0 Å². The fourth-order valence-corrected chi connectivity index (χ4v) is 2.59. The Bertz CT molecular complexity index is 669. The largest absolute Gasteiger partial charge is 0.463 e. The van der Waals surface area contributed by atoms with Gasteiger partial charge < -0.3 is 9.32 Å². The Balaban J connectivity index is 2.03. The smallest absolute Gasteiger partial charge is 0.258 e. The molecule has 2 aromatic rings. The van der Waals surface area contributed by atoms with Crippen molar-refractivity contribution in [1.29, 1.82) is 0 Å². The van der Waals surface area contributed by atoms with Crippen LogP contribution in [-0.2, 0) is 4.79 Å². The van der Waals surface area contributed by atoms with Crippen molar-refractivity contribution < 1.29 is 14.0 Å². The van der Waals surface area contributed by atoms with Gasteiger partial charge in [-0.15, -0.1) is 0 Å². The van der Waals surface area contributed by atoms with E-state index in [2.05, 4.69) is 0 Å². The number of Topliss-reactive ketones (excluding diaryl/α,β-unsaturated/α-hetero) is 1. The molecule has 19 heavy (non-hydrogen) atoms.